The number of aliphatic hydroxyl groups excluding tert-OH is 1. The Morgan fingerprint density at radius 2 is 2.19 bits per heavy atom. The van der Waals surface area contributed by atoms with E-state index in [1.165, 1.54) is 12.1 Å². The van der Waals surface area contributed by atoms with E-state index >= 15 is 0 Å². The number of rotatable bonds is 5. The van der Waals surface area contributed by atoms with Crippen LogP contribution in [0.4, 0.5) is 4.39 Å². The summed E-state index contributed by atoms with van der Waals surface area (Å²) in [4.78, 5) is 0. The van der Waals surface area contributed by atoms with Gasteiger partial charge in [0.05, 0.1) is 13.2 Å². The van der Waals surface area contributed by atoms with Crippen LogP contribution in [0.15, 0.2) is 18.2 Å². The maximum atomic E-state index is 12.8. The van der Waals surface area contributed by atoms with E-state index in [4.69, 9.17) is 15.6 Å². The van der Waals surface area contributed by atoms with Crippen molar-refractivity contribution < 1.29 is 14.2 Å². The molecule has 0 aliphatic heterocycles. The summed E-state index contributed by atoms with van der Waals surface area (Å²) in [6.07, 6.45) is 0.542. The molecule has 0 bridgehead atoms. The van der Waals surface area contributed by atoms with E-state index in [1.54, 1.807) is 19.9 Å². The summed E-state index contributed by atoms with van der Waals surface area (Å²) in [5.41, 5.74) is 5.87. The van der Waals surface area contributed by atoms with Crippen LogP contribution in [0.25, 0.3) is 0 Å². The molecule has 3 N–H and O–H groups in total. The second-order valence-corrected chi connectivity index (χ2v) is 4.32. The van der Waals surface area contributed by atoms with Gasteiger partial charge in [-0.2, -0.15) is 0 Å². The zero-order valence-electron chi connectivity index (χ0n) is 9.66. The molecule has 0 amide bonds. The van der Waals surface area contributed by atoms with Gasteiger partial charge in [-0.05, 0) is 37.6 Å². The Hall–Kier alpha value is -1.13. The minimum absolute atomic E-state index is 0.0846. The highest BCUT2D eigenvalue weighted by atomic mass is 19.1. The fraction of sp³-hybridized carbons (Fsp3) is 0.500. The van der Waals surface area contributed by atoms with Crippen LogP contribution in [-0.4, -0.2) is 23.9 Å². The molecule has 1 aromatic carbocycles. The summed E-state index contributed by atoms with van der Waals surface area (Å²) in [6, 6.07) is 4.37. The van der Waals surface area contributed by atoms with Gasteiger partial charge in [0, 0.05) is 12.0 Å². The third-order valence-corrected chi connectivity index (χ3v) is 2.43. The van der Waals surface area contributed by atoms with E-state index in [2.05, 4.69) is 0 Å². The van der Waals surface area contributed by atoms with Crippen LogP contribution < -0.4 is 10.5 Å². The molecular formula is C12H18FNO2. The van der Waals surface area contributed by atoms with Gasteiger partial charge in [0.15, 0.2) is 0 Å². The van der Waals surface area contributed by atoms with E-state index in [-0.39, 0.29) is 12.4 Å². The second-order valence-electron chi connectivity index (χ2n) is 4.32. The maximum absolute atomic E-state index is 12.8. The zero-order valence-corrected chi connectivity index (χ0v) is 9.66. The van der Waals surface area contributed by atoms with Crippen LogP contribution >= 0.6 is 0 Å². The lowest BCUT2D eigenvalue weighted by atomic mass is 10.0. The molecule has 4 heteroatoms. The first-order chi connectivity index (χ1) is 7.44. The highest BCUT2D eigenvalue weighted by molar-refractivity contribution is 5.32. The Kier molecular flexibility index (Phi) is 4.26. The van der Waals surface area contributed by atoms with Gasteiger partial charge < -0.3 is 15.6 Å². The van der Waals surface area contributed by atoms with Crippen molar-refractivity contribution in [2.75, 3.05) is 13.2 Å². The maximum Gasteiger partial charge on any atom is 0.123 e. The first-order valence-electron chi connectivity index (χ1n) is 5.23. The van der Waals surface area contributed by atoms with Gasteiger partial charge in [0.1, 0.15) is 11.6 Å². The molecular weight excluding hydrogens is 209 g/mol. The fourth-order valence-electron chi connectivity index (χ4n) is 1.25. The van der Waals surface area contributed by atoms with Crippen LogP contribution in [-0.2, 0) is 0 Å². The Morgan fingerprint density at radius 3 is 2.75 bits per heavy atom. The Morgan fingerprint density at radius 1 is 1.50 bits per heavy atom. The average molecular weight is 227 g/mol. The van der Waals surface area contributed by atoms with Gasteiger partial charge in [0.2, 0.25) is 0 Å². The second kappa shape index (κ2) is 5.27. The lowest BCUT2D eigenvalue weighted by Crippen LogP contribution is -2.41. The number of ether oxygens (including phenoxy) is 1. The summed E-state index contributed by atoms with van der Waals surface area (Å²) in [5.74, 6) is 0.374. The van der Waals surface area contributed by atoms with E-state index in [0.717, 1.165) is 5.56 Å². The van der Waals surface area contributed by atoms with Crippen LogP contribution in [0.3, 0.4) is 0 Å². The van der Waals surface area contributed by atoms with Crippen molar-refractivity contribution in [1.82, 2.24) is 0 Å². The molecule has 0 aliphatic rings. The molecule has 0 fully saturated rings. The van der Waals surface area contributed by atoms with E-state index in [0.29, 0.717) is 18.8 Å². The number of hydrogen-bond acceptors (Lipinski definition) is 3. The lowest BCUT2D eigenvalue weighted by molar-refractivity contribution is 0.174. The van der Waals surface area contributed by atoms with Crippen molar-refractivity contribution in [3.8, 4) is 5.75 Å². The number of benzene rings is 1. The molecule has 0 saturated carbocycles. The molecule has 1 aromatic rings. The molecule has 1 rings (SSSR count). The van der Waals surface area contributed by atoms with Crippen molar-refractivity contribution in [2.45, 2.75) is 25.8 Å². The van der Waals surface area contributed by atoms with Crippen molar-refractivity contribution in [1.29, 1.82) is 0 Å². The highest BCUT2D eigenvalue weighted by Gasteiger charge is 2.16. The Balaban J connectivity index is 2.49. The predicted molar refractivity (Wildman–Crippen MR) is 60.9 cm³/mol. The van der Waals surface area contributed by atoms with Crippen molar-refractivity contribution in [3.05, 3.63) is 29.6 Å². The third-order valence-electron chi connectivity index (χ3n) is 2.43. The fourth-order valence-corrected chi connectivity index (χ4v) is 1.25. The van der Waals surface area contributed by atoms with Crippen molar-refractivity contribution in [2.24, 2.45) is 5.73 Å². The molecule has 90 valence electrons. The molecule has 0 heterocycles. The molecule has 3 nitrogen and oxygen atoms in total. The molecule has 0 aromatic heterocycles. The molecule has 1 unspecified atom stereocenters. The number of hydrogen-bond donors (Lipinski definition) is 2. The number of nitrogens with two attached hydrogens (primary N) is 1. The summed E-state index contributed by atoms with van der Waals surface area (Å²) >= 11 is 0. The van der Waals surface area contributed by atoms with Crippen molar-refractivity contribution >= 4 is 0 Å². The quantitative estimate of drug-likeness (QED) is 0.803. The first kappa shape index (κ1) is 12.9. The first-order valence-corrected chi connectivity index (χ1v) is 5.23. The molecule has 1 atom stereocenters. The molecule has 0 radical (unpaired) electrons. The summed E-state index contributed by atoms with van der Waals surface area (Å²) in [6.45, 7) is 3.86. The number of aliphatic hydroxyl groups is 1. The third kappa shape index (κ3) is 3.79. The van der Waals surface area contributed by atoms with Gasteiger partial charge >= 0.3 is 0 Å². The average Bonchev–Trinajstić information content (AvgIpc) is 2.21. The molecule has 0 aliphatic carbocycles. The van der Waals surface area contributed by atoms with Gasteiger partial charge in [-0.3, -0.25) is 0 Å². The van der Waals surface area contributed by atoms with Gasteiger partial charge in [0.25, 0.3) is 0 Å². The largest absolute Gasteiger partial charge is 0.493 e. The van der Waals surface area contributed by atoms with E-state index < -0.39 is 5.54 Å². The van der Waals surface area contributed by atoms with Crippen LogP contribution in [0.2, 0.25) is 0 Å². The molecule has 0 saturated heterocycles. The minimum atomic E-state index is -0.631. The summed E-state index contributed by atoms with van der Waals surface area (Å²) < 4.78 is 18.3. The SMILES string of the molecule is Cc1cc(F)ccc1OCCC(C)(N)CO. The van der Waals surface area contributed by atoms with Gasteiger partial charge in [-0.1, -0.05) is 0 Å². The Labute approximate surface area is 95.0 Å². The van der Waals surface area contributed by atoms with Crippen LogP contribution in [0.5, 0.6) is 5.75 Å². The summed E-state index contributed by atoms with van der Waals surface area (Å²) in [5, 5.41) is 8.95. The van der Waals surface area contributed by atoms with Crippen LogP contribution in [0, 0.1) is 12.7 Å². The van der Waals surface area contributed by atoms with E-state index in [9.17, 15) is 4.39 Å². The Bertz CT molecular complexity index is 353. The minimum Gasteiger partial charge on any atom is -0.493 e. The van der Waals surface area contributed by atoms with Crippen LogP contribution in [0.1, 0.15) is 18.9 Å². The highest BCUT2D eigenvalue weighted by Crippen LogP contribution is 2.19. The smallest absolute Gasteiger partial charge is 0.123 e. The van der Waals surface area contributed by atoms with Gasteiger partial charge in [-0.15, -0.1) is 0 Å². The topological polar surface area (TPSA) is 55.5 Å². The molecule has 0 spiro atoms. The lowest BCUT2D eigenvalue weighted by Gasteiger charge is -2.21. The standard InChI is InChI=1S/C12H18FNO2/c1-9-7-10(13)3-4-11(9)16-6-5-12(2,14)8-15/h3-4,7,15H,5-6,8,14H2,1-2H3. The number of aryl methyl sites for hydroxylation is 1. The van der Waals surface area contributed by atoms with E-state index in [1.807, 2.05) is 0 Å². The monoisotopic (exact) mass is 227 g/mol. The van der Waals surface area contributed by atoms with Gasteiger partial charge in [-0.25, -0.2) is 4.39 Å². The van der Waals surface area contributed by atoms with Crippen molar-refractivity contribution in [3.63, 3.8) is 0 Å². The normalized spacial score (nSPS) is 14.6. The predicted octanol–water partition coefficient (Wildman–Crippen LogP) is 1.61. The zero-order chi connectivity index (χ0) is 12.2. The molecule has 16 heavy (non-hydrogen) atoms. The number of halogens is 1. The summed E-state index contributed by atoms with van der Waals surface area (Å²) in [7, 11) is 0.